The van der Waals surface area contributed by atoms with Gasteiger partial charge in [-0.3, -0.25) is 14.4 Å². The highest BCUT2D eigenvalue weighted by molar-refractivity contribution is 6.31. The van der Waals surface area contributed by atoms with Crippen molar-refractivity contribution in [1.29, 1.82) is 0 Å². The van der Waals surface area contributed by atoms with Gasteiger partial charge in [-0.25, -0.2) is 44.3 Å². The molecule has 7 N–H and O–H groups in total. The highest BCUT2D eigenvalue weighted by atomic mass is 35.5. The molecular weight excluding hydrogens is 1040 g/mol. The summed E-state index contributed by atoms with van der Waals surface area (Å²) in [6.45, 7) is 1.62. The number of benzene rings is 3. The van der Waals surface area contributed by atoms with Crippen LogP contribution in [0.1, 0.15) is 18.7 Å². The number of aromatic nitrogens is 8. The van der Waals surface area contributed by atoms with Crippen LogP contribution in [0.2, 0.25) is 5.02 Å². The Morgan fingerprint density at radius 2 is 1.24 bits per heavy atom. The minimum absolute atomic E-state index is 0.00745. The summed E-state index contributed by atoms with van der Waals surface area (Å²) in [5.41, 5.74) is 2.10. The van der Waals surface area contributed by atoms with Gasteiger partial charge in [0.25, 0.3) is 0 Å². The maximum Gasteiger partial charge on any atom is 0.249 e. The molecule has 404 valence electrons. The van der Waals surface area contributed by atoms with Crippen molar-refractivity contribution < 1.29 is 18.8 Å². The van der Waals surface area contributed by atoms with Gasteiger partial charge in [0.05, 0.1) is 5.02 Å². The lowest BCUT2D eigenvalue weighted by Gasteiger charge is -2.33. The standard InChI is InChI=1S/C57H54ClFN18O3/c1-75(2)28-12-22-55(78)73-46-20-10-19-45(68-46)70-53-33-52(64-38-13-5-3-6-14-38)71-48(72-53)25-26-56(79)74-47-21-9-18-44(67-47)69-51-34-54(63-37-62-51)77(41-16-7-4-8-17-41)30-27-57(80)76-29-11-15-40(35-76)66-50-32-49(60-36-61-50)65-39-23-24-43(59)42(58)31-39/h3-10,12-14,16-27,30-34,36-37,40H,11,15,28-29,35H2,1-2H3,(H2,60,61,65,66)(H2,62,63,67,69,74,79)(H3,64,68,70,71,72,73,78)/b22-12+,26-25+,30-27+. The van der Waals surface area contributed by atoms with Gasteiger partial charge in [-0.05, 0) is 99.7 Å². The number of anilines is 13. The lowest BCUT2D eigenvalue weighted by molar-refractivity contribution is -0.127. The van der Waals surface area contributed by atoms with Gasteiger partial charge < -0.3 is 51.9 Å². The number of halogens is 2. The average molecular weight is 1090 g/mol. The first-order valence-electron chi connectivity index (χ1n) is 25.2. The van der Waals surface area contributed by atoms with Crippen LogP contribution in [-0.2, 0) is 14.4 Å². The van der Waals surface area contributed by atoms with Gasteiger partial charge in [0.15, 0.2) is 5.82 Å². The Morgan fingerprint density at radius 3 is 1.95 bits per heavy atom. The third kappa shape index (κ3) is 16.2. The molecule has 1 aliphatic rings. The number of likely N-dealkylation sites (tertiary alicyclic amines) is 1. The summed E-state index contributed by atoms with van der Waals surface area (Å²) in [5, 5.41) is 21.7. The molecule has 1 saturated heterocycles. The van der Waals surface area contributed by atoms with Crippen molar-refractivity contribution in [3.8, 4) is 0 Å². The summed E-state index contributed by atoms with van der Waals surface area (Å²) >= 11 is 5.96. The van der Waals surface area contributed by atoms with Crippen LogP contribution in [0.15, 0.2) is 177 Å². The first-order valence-corrected chi connectivity index (χ1v) is 25.6. The summed E-state index contributed by atoms with van der Waals surface area (Å²) in [5.74, 6) is 2.79. The van der Waals surface area contributed by atoms with Crippen molar-refractivity contribution in [1.82, 2.24) is 49.7 Å². The Balaban J connectivity index is 0.837. The number of nitrogens with zero attached hydrogens (tertiary/aromatic N) is 11. The molecule has 21 nitrogen and oxygen atoms in total. The van der Waals surface area contributed by atoms with Crippen LogP contribution in [0.25, 0.3) is 6.08 Å². The summed E-state index contributed by atoms with van der Waals surface area (Å²) in [7, 11) is 3.82. The number of pyridine rings is 2. The molecule has 80 heavy (non-hydrogen) atoms. The van der Waals surface area contributed by atoms with Gasteiger partial charge in [0.2, 0.25) is 17.7 Å². The summed E-state index contributed by atoms with van der Waals surface area (Å²) < 4.78 is 13.7. The number of rotatable bonds is 21. The van der Waals surface area contributed by atoms with E-state index < -0.39 is 11.7 Å². The van der Waals surface area contributed by atoms with Gasteiger partial charge in [-0.1, -0.05) is 66.2 Å². The highest BCUT2D eigenvalue weighted by Gasteiger charge is 2.24. The molecule has 1 unspecified atom stereocenters. The third-order valence-electron chi connectivity index (χ3n) is 11.7. The summed E-state index contributed by atoms with van der Waals surface area (Å²) in [6, 6.07) is 38.6. The largest absolute Gasteiger partial charge is 0.365 e. The maximum absolute atomic E-state index is 13.8. The van der Waals surface area contributed by atoms with Crippen LogP contribution in [0.4, 0.5) is 79.6 Å². The van der Waals surface area contributed by atoms with Crippen molar-refractivity contribution in [2.45, 2.75) is 18.9 Å². The molecule has 3 amide bonds. The number of para-hydroxylation sites is 2. The van der Waals surface area contributed by atoms with Gasteiger partial charge in [0, 0.05) is 85.4 Å². The quantitative estimate of drug-likeness (QED) is 0.0331. The van der Waals surface area contributed by atoms with Crippen LogP contribution in [0.5, 0.6) is 0 Å². The van der Waals surface area contributed by atoms with Crippen molar-refractivity contribution in [3.05, 3.63) is 193 Å². The van der Waals surface area contributed by atoms with E-state index in [1.165, 1.54) is 49.1 Å². The van der Waals surface area contributed by atoms with Crippen molar-refractivity contribution in [3.63, 3.8) is 0 Å². The zero-order valence-electron chi connectivity index (χ0n) is 43.3. The Morgan fingerprint density at radius 1 is 0.625 bits per heavy atom. The zero-order valence-corrected chi connectivity index (χ0v) is 44.1. The fourth-order valence-corrected chi connectivity index (χ4v) is 8.19. The molecule has 0 radical (unpaired) electrons. The molecular formula is C57H54ClFN18O3. The van der Waals surface area contributed by atoms with Gasteiger partial charge >= 0.3 is 0 Å². The van der Waals surface area contributed by atoms with E-state index in [1.54, 1.807) is 82.7 Å². The first kappa shape index (κ1) is 54.6. The smallest absolute Gasteiger partial charge is 0.249 e. The average Bonchev–Trinajstić information content (AvgIpc) is 3.44. The molecule has 0 saturated carbocycles. The van der Waals surface area contributed by atoms with Crippen LogP contribution in [0.3, 0.4) is 0 Å². The minimum Gasteiger partial charge on any atom is -0.365 e. The fourth-order valence-electron chi connectivity index (χ4n) is 8.01. The second-order valence-corrected chi connectivity index (χ2v) is 18.5. The normalized spacial score (nSPS) is 13.3. The number of likely N-dealkylation sites (N-methyl/N-ethyl adjacent to an activating group) is 1. The highest BCUT2D eigenvalue weighted by Crippen LogP contribution is 2.28. The lowest BCUT2D eigenvalue weighted by atomic mass is 10.1. The van der Waals surface area contributed by atoms with E-state index in [4.69, 9.17) is 11.6 Å². The minimum atomic E-state index is -0.516. The molecule has 0 aliphatic carbocycles. The molecule has 5 aromatic heterocycles. The Bertz CT molecular complexity index is 3540. The number of nitrogens with one attached hydrogen (secondary N) is 7. The number of carbonyl (C=O) groups excluding carboxylic acids is 3. The zero-order chi connectivity index (χ0) is 55.6. The number of carbonyl (C=O) groups is 3. The van der Waals surface area contributed by atoms with E-state index in [9.17, 15) is 18.8 Å². The molecule has 1 fully saturated rings. The molecule has 8 aromatic rings. The van der Waals surface area contributed by atoms with E-state index in [2.05, 4.69) is 77.1 Å². The molecule has 6 heterocycles. The predicted molar refractivity (Wildman–Crippen MR) is 310 cm³/mol. The first-order chi connectivity index (χ1) is 38.9. The van der Waals surface area contributed by atoms with Crippen LogP contribution >= 0.6 is 11.6 Å². The fraction of sp³-hybridized carbons (Fsp3) is 0.140. The topological polar surface area (TPSA) is 248 Å². The number of piperidine rings is 1. The maximum atomic E-state index is 13.8. The molecule has 3 aromatic carbocycles. The van der Waals surface area contributed by atoms with Gasteiger partial charge in [0.1, 0.15) is 76.7 Å². The predicted octanol–water partition coefficient (Wildman–Crippen LogP) is 10.1. The molecule has 1 aliphatic heterocycles. The Hall–Kier alpha value is -10.2. The van der Waals surface area contributed by atoms with Crippen molar-refractivity contribution >= 4 is 111 Å². The van der Waals surface area contributed by atoms with Crippen LogP contribution < -0.4 is 42.1 Å². The van der Waals surface area contributed by atoms with E-state index >= 15 is 0 Å². The van der Waals surface area contributed by atoms with Crippen LogP contribution in [-0.4, -0.2) is 107 Å². The molecule has 0 bridgehead atoms. The summed E-state index contributed by atoms with van der Waals surface area (Å²) in [6.07, 6.45) is 13.6. The second kappa shape index (κ2) is 26.7. The SMILES string of the molecule is CN(C)C/C=C/C(=O)Nc1cccc(Nc2cc(Nc3ccccc3)nc(/C=C/C(=O)Nc3cccc(Nc4cc(N(/C=C/C(=O)N5CCCC(Nc6cc(Nc7ccc(F)c(Cl)c7)ncn6)C5)c5ccccc5)ncn4)n3)n2)n1. The third-order valence-corrected chi connectivity index (χ3v) is 12.0. The van der Waals surface area contributed by atoms with Crippen LogP contribution in [0, 0.1) is 5.82 Å². The second-order valence-electron chi connectivity index (χ2n) is 18.1. The molecule has 23 heteroatoms. The number of hydrogen-bond donors (Lipinski definition) is 7. The van der Waals surface area contributed by atoms with E-state index in [1.807, 2.05) is 79.7 Å². The Kier molecular flexibility index (Phi) is 18.2. The molecule has 9 rings (SSSR count). The van der Waals surface area contributed by atoms with E-state index in [0.717, 1.165) is 24.2 Å². The van der Waals surface area contributed by atoms with Crippen molar-refractivity contribution in [2.24, 2.45) is 0 Å². The molecule has 1 atom stereocenters. The van der Waals surface area contributed by atoms with E-state index in [-0.39, 0.29) is 34.5 Å². The monoisotopic (exact) mass is 1090 g/mol. The van der Waals surface area contributed by atoms with E-state index in [0.29, 0.717) is 77.7 Å². The number of hydrogen-bond acceptors (Lipinski definition) is 18. The lowest BCUT2D eigenvalue weighted by Crippen LogP contribution is -2.44. The number of amides is 3. The van der Waals surface area contributed by atoms with Crippen molar-refractivity contribution in [2.75, 3.05) is 75.8 Å². The Labute approximate surface area is 465 Å². The van der Waals surface area contributed by atoms with Gasteiger partial charge in [-0.15, -0.1) is 0 Å². The van der Waals surface area contributed by atoms with Gasteiger partial charge in [-0.2, -0.15) is 0 Å². The summed E-state index contributed by atoms with van der Waals surface area (Å²) in [4.78, 5) is 81.2. The molecule has 0 spiro atoms.